The number of nitrogens with one attached hydrogen (secondary N) is 4. The normalized spacial score (nSPS) is 33.6. The molecule has 2 heterocycles. The number of amides is 11. The lowest BCUT2D eigenvalue weighted by atomic mass is 9.44. The van der Waals surface area contributed by atoms with Crippen LogP contribution < -0.4 is 21.3 Å². The van der Waals surface area contributed by atoms with Crippen molar-refractivity contribution in [3.8, 4) is 0 Å². The van der Waals surface area contributed by atoms with Crippen molar-refractivity contribution in [1.29, 1.82) is 0 Å². The molecule has 30 heteroatoms. The summed E-state index contributed by atoms with van der Waals surface area (Å²) in [5.74, 6) is -12.2. The molecule has 0 aromatic heterocycles. The summed E-state index contributed by atoms with van der Waals surface area (Å²) < 4.78 is 29.5. The van der Waals surface area contributed by atoms with Gasteiger partial charge in [-0.25, -0.2) is 4.39 Å². The number of nitrogens with zero attached hydrogens (tertiary/aromatic N) is 7. The second kappa shape index (κ2) is 40.0. The van der Waals surface area contributed by atoms with E-state index in [1.54, 1.807) is 81.4 Å². The quantitative estimate of drug-likeness (QED) is 0.0860. The third-order valence-corrected chi connectivity index (χ3v) is 25.3. The van der Waals surface area contributed by atoms with E-state index in [0.717, 1.165) is 15.4 Å². The highest BCUT2D eigenvalue weighted by Crippen LogP contribution is 2.72. The van der Waals surface area contributed by atoms with Crippen LogP contribution in [0.4, 0.5) is 4.39 Å². The van der Waals surface area contributed by atoms with Gasteiger partial charge in [-0.3, -0.25) is 62.3 Å². The monoisotopic (exact) mass is 1640 g/mol. The Labute approximate surface area is 688 Å². The zero-order chi connectivity index (χ0) is 88.6. The summed E-state index contributed by atoms with van der Waals surface area (Å²) in [6.07, 6.45) is 7.04. The molecule has 6 rings (SSSR count). The number of aliphatic hydroxyl groups is 3. The molecular formula is C86H142FN11O18. The van der Waals surface area contributed by atoms with Crippen molar-refractivity contribution in [2.45, 2.75) is 305 Å². The standard InChI is InChI=1S/C62H111N11O12.C24H31FO6/c1-25-27-28-40(15)52(75)51-56(79)65-43(26-2)58(81)67(18)33-48(74)68(19)44(29-34(3)4)55(78)66-49(38(11)12)61(84)69(20)45(30-35(5)6)54(77)63-41(16)53(76)64-42(17)57(80)70(21)46(31-36(7)8)59(82)71(22)47(32-37(9)10)60(83)72(23)50(39(13)14)62(85)73(51)24;1-20(2)30-19-10-16-15-6-5-13-9-14(27)7-8-21(13,3)23(15,25)17(28)11-22(16,4)24(19,31-20)18(29)12-26/h25,27,34-47,49-52,75H,26,28-33H2,1-24H3,(H,63,77)(H,64,76)(H,65,79)(H,66,78);7-9,15-17,19,26,28H,5-6,10-12H2,1-4H3/b27-25+;/t40-,41+,42-,43+,44+,45+,46+,47+,49+,50+,51+,52-;15-,16-,17-,19+,21-,22-,23-,24+/m10/s1. The first-order chi connectivity index (χ1) is 53.6. The van der Waals surface area contributed by atoms with Crippen molar-refractivity contribution in [2.24, 2.45) is 64.1 Å². The summed E-state index contributed by atoms with van der Waals surface area (Å²) in [6.45, 7) is 35.7. The molecule has 0 unspecified atom stereocenters. The predicted octanol–water partition coefficient (Wildman–Crippen LogP) is 5.69. The molecule has 0 aromatic carbocycles. The first-order valence-electron chi connectivity index (χ1n) is 41.8. The van der Waals surface area contributed by atoms with E-state index < -0.39 is 214 Å². The summed E-state index contributed by atoms with van der Waals surface area (Å²) in [6, 6.07) is -12.3. The van der Waals surface area contributed by atoms with Gasteiger partial charge in [0.05, 0.1) is 24.9 Å². The van der Waals surface area contributed by atoms with E-state index in [2.05, 4.69) is 21.3 Å². The number of likely N-dealkylation sites (N-methyl/N-ethyl adjacent to an activating group) is 7. The summed E-state index contributed by atoms with van der Waals surface area (Å²) in [4.78, 5) is 194. The third-order valence-electron chi connectivity index (χ3n) is 25.3. The molecule has 0 radical (unpaired) electrons. The molecule has 2 aliphatic heterocycles. The number of aliphatic hydroxyl groups excluding tert-OH is 3. The third kappa shape index (κ3) is 21.0. The van der Waals surface area contributed by atoms with E-state index in [-0.39, 0.29) is 73.9 Å². The van der Waals surface area contributed by atoms with Crippen molar-refractivity contribution in [3.05, 3.63) is 36.0 Å². The fraction of sp³-hybridized carbons (Fsp3) is 0.779. The minimum Gasteiger partial charge on any atom is -0.390 e. The molecule has 0 spiro atoms. The molecule has 11 amide bonds. The molecule has 2 saturated heterocycles. The summed E-state index contributed by atoms with van der Waals surface area (Å²) in [5, 5.41) is 44.2. The maximum absolute atomic E-state index is 17.1. The maximum atomic E-state index is 17.1. The van der Waals surface area contributed by atoms with Crippen molar-refractivity contribution < 1.29 is 91.5 Å². The zero-order valence-electron chi connectivity index (χ0n) is 74.5. The average Bonchev–Trinajstić information content (AvgIpc) is 1.47. The van der Waals surface area contributed by atoms with Gasteiger partial charge in [0.25, 0.3) is 0 Å². The first kappa shape index (κ1) is 99.0. The number of ether oxygens (including phenoxy) is 2. The molecular weight excluding hydrogens is 1490 g/mol. The van der Waals surface area contributed by atoms with Gasteiger partial charge in [-0.05, 0) is 165 Å². The second-order valence-electron chi connectivity index (χ2n) is 37.0. The highest BCUT2D eigenvalue weighted by molar-refractivity contribution is 6.02. The van der Waals surface area contributed by atoms with Crippen LogP contribution in [-0.4, -0.2) is 284 Å². The zero-order valence-corrected chi connectivity index (χ0v) is 74.5. The van der Waals surface area contributed by atoms with Crippen molar-refractivity contribution in [3.63, 3.8) is 0 Å². The number of fused-ring (bicyclic) bond motifs is 7. The molecule has 4 aliphatic carbocycles. The summed E-state index contributed by atoms with van der Waals surface area (Å²) in [7, 11) is 9.92. The van der Waals surface area contributed by atoms with Gasteiger partial charge in [0.2, 0.25) is 65.0 Å². The number of hydrogen-bond acceptors (Lipinski definition) is 18. The van der Waals surface area contributed by atoms with Crippen LogP contribution in [0, 0.1) is 64.1 Å². The number of carbonyl (C=O) groups excluding carboxylic acids is 13. The van der Waals surface area contributed by atoms with Gasteiger partial charge >= 0.3 is 0 Å². The Morgan fingerprint density at radius 2 is 1.09 bits per heavy atom. The Morgan fingerprint density at radius 1 is 0.603 bits per heavy atom. The van der Waals surface area contributed by atoms with E-state index in [1.807, 2.05) is 68.4 Å². The molecule has 29 nitrogen and oxygen atoms in total. The molecule has 5 fully saturated rings. The molecule has 116 heavy (non-hydrogen) atoms. The van der Waals surface area contributed by atoms with E-state index in [1.165, 1.54) is 99.8 Å². The van der Waals surface area contributed by atoms with Gasteiger partial charge in [0.15, 0.2) is 28.6 Å². The van der Waals surface area contributed by atoms with Crippen LogP contribution in [0.25, 0.3) is 0 Å². The van der Waals surface area contributed by atoms with Crippen LogP contribution in [0.2, 0.25) is 0 Å². The first-order valence-corrected chi connectivity index (χ1v) is 41.8. The Bertz CT molecular complexity index is 3680. The minimum atomic E-state index is -1.98. The largest absolute Gasteiger partial charge is 0.390 e. The van der Waals surface area contributed by atoms with Crippen LogP contribution in [-0.2, 0) is 71.8 Å². The highest BCUT2D eigenvalue weighted by Gasteiger charge is 2.80. The molecule has 656 valence electrons. The molecule has 0 aromatic rings. The lowest BCUT2D eigenvalue weighted by Crippen LogP contribution is -2.70. The number of alkyl halides is 1. The van der Waals surface area contributed by atoms with Gasteiger partial charge in [-0.1, -0.05) is 128 Å². The predicted molar refractivity (Wildman–Crippen MR) is 437 cm³/mol. The van der Waals surface area contributed by atoms with Gasteiger partial charge in [-0.2, -0.15) is 0 Å². The molecule has 3 saturated carbocycles. The Kier molecular flexibility index (Phi) is 34.2. The van der Waals surface area contributed by atoms with Gasteiger partial charge < -0.3 is 80.4 Å². The van der Waals surface area contributed by atoms with Crippen LogP contribution in [0.5, 0.6) is 0 Å². The number of ketones is 2. The van der Waals surface area contributed by atoms with Crippen molar-refractivity contribution in [1.82, 2.24) is 55.6 Å². The van der Waals surface area contributed by atoms with E-state index in [4.69, 9.17) is 9.47 Å². The fourth-order valence-corrected chi connectivity index (χ4v) is 18.6. The number of carbonyl (C=O) groups is 13. The second-order valence-corrected chi connectivity index (χ2v) is 37.0. The van der Waals surface area contributed by atoms with Crippen LogP contribution in [0.3, 0.4) is 0 Å². The van der Waals surface area contributed by atoms with Crippen LogP contribution in [0.15, 0.2) is 36.0 Å². The van der Waals surface area contributed by atoms with Crippen LogP contribution in [0.1, 0.15) is 210 Å². The van der Waals surface area contributed by atoms with E-state index in [9.17, 15) is 68.1 Å². The summed E-state index contributed by atoms with van der Waals surface area (Å²) in [5.41, 5.74) is -4.66. The lowest BCUT2D eigenvalue weighted by Gasteiger charge is -2.62. The van der Waals surface area contributed by atoms with Gasteiger partial charge in [0.1, 0.15) is 67.0 Å². The number of halogens is 1. The molecule has 0 bridgehead atoms. The SMILES string of the molecule is C/C=C/C[C@@H](C)[C@@H](O)[C@H]1C(=O)N[C@@H](CC)C(=O)N(C)CC(=O)N(C)[C@@H](CC(C)C)C(=O)N[C@@H](C(C)C)C(=O)N(C)[C@@H](CC(C)C)C(=O)N[C@@H](C)C(=O)N[C@H](C)C(=O)N(C)[C@@H](CC(C)C)C(=O)N(C)[C@@H](CC(C)C)C(=O)N(C)[C@@H](C(C)C)C(=O)N1C.CC1(C)O[C@@H]2C[C@H]3[C@@H]4CCC5=CC(=O)C=C[C@]5(C)[C@@]4(F)[C@@H](O)C[C@]3(C)[C@]2(C(=O)CO)O1. The van der Waals surface area contributed by atoms with E-state index in [0.29, 0.717) is 25.7 Å². The summed E-state index contributed by atoms with van der Waals surface area (Å²) >= 11 is 0. The molecule has 7 N–H and O–H groups in total. The topological polar surface area (TPSA) is 372 Å². The Morgan fingerprint density at radius 3 is 1.60 bits per heavy atom. The number of hydrogen-bond donors (Lipinski definition) is 7. The smallest absolute Gasteiger partial charge is 0.246 e. The van der Waals surface area contributed by atoms with Crippen LogP contribution >= 0.6 is 0 Å². The number of allylic oxidation sites excluding steroid dienone is 6. The van der Waals surface area contributed by atoms with Crippen molar-refractivity contribution >= 4 is 76.5 Å². The fourth-order valence-electron chi connectivity index (χ4n) is 18.6. The number of rotatable bonds is 17. The van der Waals surface area contributed by atoms with Crippen molar-refractivity contribution in [2.75, 3.05) is 62.5 Å². The Balaban J connectivity index is 0.000000631. The number of Topliss-reactive ketones (excluding diaryl/α,β-unsaturated/α-hetero) is 1. The average molecular weight is 1640 g/mol. The lowest BCUT2D eigenvalue weighted by molar-refractivity contribution is -0.246. The minimum absolute atomic E-state index is 0.0109. The van der Waals surface area contributed by atoms with Gasteiger partial charge in [0, 0.05) is 66.1 Å². The molecule has 20 atom stereocenters. The Hall–Kier alpha value is -7.54. The van der Waals surface area contributed by atoms with Gasteiger partial charge in [-0.15, -0.1) is 0 Å². The highest BCUT2D eigenvalue weighted by atomic mass is 19.1. The maximum Gasteiger partial charge on any atom is 0.246 e. The van der Waals surface area contributed by atoms with E-state index >= 15 is 14.0 Å². The molecule has 6 aliphatic rings.